The fourth-order valence-corrected chi connectivity index (χ4v) is 1.38. The predicted molar refractivity (Wildman–Crippen MR) is 55.3 cm³/mol. The van der Waals surface area contributed by atoms with Crippen LogP contribution in [0.1, 0.15) is 11.1 Å². The summed E-state index contributed by atoms with van der Waals surface area (Å²) < 4.78 is 1.80. The van der Waals surface area contributed by atoms with Gasteiger partial charge in [0, 0.05) is 0 Å². The number of benzene rings is 1. The largest absolute Gasteiger partial charge is 0.300 e. The summed E-state index contributed by atoms with van der Waals surface area (Å²) in [6.07, 6.45) is 1.63. The van der Waals surface area contributed by atoms with E-state index in [1.165, 1.54) is 11.1 Å². The maximum absolute atomic E-state index is 5.81. The molecule has 3 nitrogen and oxygen atoms in total. The van der Waals surface area contributed by atoms with E-state index in [1.54, 1.807) is 10.9 Å². The second-order valence-corrected chi connectivity index (χ2v) is 3.55. The van der Waals surface area contributed by atoms with Gasteiger partial charge >= 0.3 is 0 Å². The highest BCUT2D eigenvalue weighted by atomic mass is 35.5. The van der Waals surface area contributed by atoms with Crippen molar-refractivity contribution in [1.29, 1.82) is 0 Å². The SMILES string of the molecule is Cc1ccc(Cn2cnnc2Cl)cc1. The van der Waals surface area contributed by atoms with Crippen molar-refractivity contribution in [2.24, 2.45) is 0 Å². The summed E-state index contributed by atoms with van der Waals surface area (Å²) in [6, 6.07) is 8.30. The number of halogens is 1. The molecule has 0 atom stereocenters. The molecule has 0 N–H and O–H groups in total. The Balaban J connectivity index is 2.19. The summed E-state index contributed by atoms with van der Waals surface area (Å²) in [4.78, 5) is 0. The van der Waals surface area contributed by atoms with Crippen LogP contribution in [-0.2, 0) is 6.54 Å². The van der Waals surface area contributed by atoms with Gasteiger partial charge < -0.3 is 0 Å². The smallest absolute Gasteiger partial charge is 0.225 e. The Morgan fingerprint density at radius 2 is 2.00 bits per heavy atom. The maximum Gasteiger partial charge on any atom is 0.225 e. The number of nitrogens with zero attached hydrogens (tertiary/aromatic N) is 3. The highest BCUT2D eigenvalue weighted by Gasteiger charge is 2.00. The van der Waals surface area contributed by atoms with Crippen LogP contribution in [0.2, 0.25) is 5.28 Å². The molecule has 2 aromatic rings. The molecule has 0 aliphatic carbocycles. The summed E-state index contributed by atoms with van der Waals surface area (Å²) >= 11 is 5.81. The molecule has 1 aromatic heterocycles. The highest BCUT2D eigenvalue weighted by molar-refractivity contribution is 6.28. The Labute approximate surface area is 87.3 Å². The fraction of sp³-hybridized carbons (Fsp3) is 0.200. The van der Waals surface area contributed by atoms with Crippen molar-refractivity contribution in [3.63, 3.8) is 0 Å². The number of hydrogen-bond acceptors (Lipinski definition) is 2. The topological polar surface area (TPSA) is 30.7 Å². The third kappa shape index (κ3) is 1.93. The lowest BCUT2D eigenvalue weighted by Gasteiger charge is -2.02. The van der Waals surface area contributed by atoms with Crippen molar-refractivity contribution in [3.8, 4) is 0 Å². The third-order valence-electron chi connectivity index (χ3n) is 2.04. The minimum absolute atomic E-state index is 0.422. The van der Waals surface area contributed by atoms with Gasteiger partial charge in [-0.1, -0.05) is 29.8 Å². The molecule has 0 amide bonds. The lowest BCUT2D eigenvalue weighted by molar-refractivity contribution is 0.795. The monoisotopic (exact) mass is 207 g/mol. The van der Waals surface area contributed by atoms with E-state index in [9.17, 15) is 0 Å². The van der Waals surface area contributed by atoms with E-state index in [-0.39, 0.29) is 0 Å². The van der Waals surface area contributed by atoms with E-state index in [0.717, 1.165) is 0 Å². The van der Waals surface area contributed by atoms with Crippen LogP contribution >= 0.6 is 11.6 Å². The van der Waals surface area contributed by atoms with Crippen molar-refractivity contribution in [1.82, 2.24) is 14.8 Å². The second-order valence-electron chi connectivity index (χ2n) is 3.21. The van der Waals surface area contributed by atoms with Crippen molar-refractivity contribution >= 4 is 11.6 Å². The molecule has 0 saturated carbocycles. The van der Waals surface area contributed by atoms with Gasteiger partial charge in [0.1, 0.15) is 6.33 Å². The molecule has 14 heavy (non-hydrogen) atoms. The summed E-state index contributed by atoms with van der Waals surface area (Å²) in [5.74, 6) is 0. The Bertz CT molecular complexity index is 419. The first kappa shape index (κ1) is 9.21. The van der Waals surface area contributed by atoms with Crippen molar-refractivity contribution in [2.75, 3.05) is 0 Å². The van der Waals surface area contributed by atoms with Crippen LogP contribution in [0.5, 0.6) is 0 Å². The Morgan fingerprint density at radius 3 is 2.57 bits per heavy atom. The molecular weight excluding hydrogens is 198 g/mol. The zero-order chi connectivity index (χ0) is 9.97. The average Bonchev–Trinajstić information content (AvgIpc) is 2.56. The van der Waals surface area contributed by atoms with Crippen LogP contribution in [-0.4, -0.2) is 14.8 Å². The minimum atomic E-state index is 0.422. The lowest BCUT2D eigenvalue weighted by Crippen LogP contribution is -1.97. The van der Waals surface area contributed by atoms with Gasteiger partial charge in [-0.2, -0.15) is 0 Å². The second kappa shape index (κ2) is 3.80. The Hall–Kier alpha value is -1.35. The maximum atomic E-state index is 5.81. The minimum Gasteiger partial charge on any atom is -0.300 e. The molecule has 2 rings (SSSR count). The van der Waals surface area contributed by atoms with Gasteiger partial charge in [-0.25, -0.2) is 0 Å². The van der Waals surface area contributed by atoms with Crippen LogP contribution in [0.4, 0.5) is 0 Å². The van der Waals surface area contributed by atoms with E-state index >= 15 is 0 Å². The number of aromatic nitrogens is 3. The summed E-state index contributed by atoms with van der Waals surface area (Å²) in [7, 11) is 0. The van der Waals surface area contributed by atoms with E-state index in [0.29, 0.717) is 11.8 Å². The first-order chi connectivity index (χ1) is 6.75. The summed E-state index contributed by atoms with van der Waals surface area (Å²) in [5.41, 5.74) is 2.45. The third-order valence-corrected chi connectivity index (χ3v) is 2.33. The van der Waals surface area contributed by atoms with Gasteiger partial charge in [-0.05, 0) is 24.1 Å². The van der Waals surface area contributed by atoms with Crippen LogP contribution in [0.15, 0.2) is 30.6 Å². The van der Waals surface area contributed by atoms with Gasteiger partial charge in [0.05, 0.1) is 6.54 Å². The normalized spacial score (nSPS) is 10.4. The number of rotatable bonds is 2. The highest BCUT2D eigenvalue weighted by Crippen LogP contribution is 2.09. The number of aryl methyl sites for hydroxylation is 1. The Kier molecular flexibility index (Phi) is 2.50. The Morgan fingerprint density at radius 1 is 1.29 bits per heavy atom. The molecule has 0 bridgehead atoms. The van der Waals surface area contributed by atoms with E-state index in [2.05, 4.69) is 41.4 Å². The molecule has 1 heterocycles. The summed E-state index contributed by atoms with van der Waals surface area (Å²) in [6.45, 7) is 2.78. The first-order valence-electron chi connectivity index (χ1n) is 4.34. The van der Waals surface area contributed by atoms with Gasteiger partial charge in [0.2, 0.25) is 5.28 Å². The zero-order valence-corrected chi connectivity index (χ0v) is 8.57. The molecule has 0 unspecified atom stereocenters. The van der Waals surface area contributed by atoms with Crippen molar-refractivity contribution in [2.45, 2.75) is 13.5 Å². The molecular formula is C10H10ClN3. The molecule has 0 aliphatic rings. The molecule has 72 valence electrons. The van der Waals surface area contributed by atoms with Crippen molar-refractivity contribution in [3.05, 3.63) is 47.0 Å². The summed E-state index contributed by atoms with van der Waals surface area (Å²) in [5, 5.41) is 7.85. The van der Waals surface area contributed by atoms with E-state index in [1.807, 2.05) is 0 Å². The number of hydrogen-bond donors (Lipinski definition) is 0. The van der Waals surface area contributed by atoms with E-state index in [4.69, 9.17) is 11.6 Å². The van der Waals surface area contributed by atoms with Gasteiger partial charge in [0.25, 0.3) is 0 Å². The van der Waals surface area contributed by atoms with Gasteiger partial charge in [0.15, 0.2) is 0 Å². The molecule has 4 heteroatoms. The van der Waals surface area contributed by atoms with E-state index < -0.39 is 0 Å². The standard InChI is InChI=1S/C10H10ClN3/c1-8-2-4-9(5-3-8)6-14-7-12-13-10(14)11/h2-5,7H,6H2,1H3. The first-order valence-corrected chi connectivity index (χ1v) is 4.72. The predicted octanol–water partition coefficient (Wildman–Crippen LogP) is 2.29. The van der Waals surface area contributed by atoms with Crippen LogP contribution < -0.4 is 0 Å². The molecule has 0 aliphatic heterocycles. The lowest BCUT2D eigenvalue weighted by atomic mass is 10.1. The molecule has 0 saturated heterocycles. The van der Waals surface area contributed by atoms with Crippen molar-refractivity contribution < 1.29 is 0 Å². The fourth-order valence-electron chi connectivity index (χ4n) is 1.24. The quantitative estimate of drug-likeness (QED) is 0.757. The van der Waals surface area contributed by atoms with Crippen LogP contribution in [0.25, 0.3) is 0 Å². The van der Waals surface area contributed by atoms with Crippen LogP contribution in [0.3, 0.4) is 0 Å². The molecule has 0 spiro atoms. The molecule has 0 fully saturated rings. The zero-order valence-electron chi connectivity index (χ0n) is 7.81. The molecule has 0 radical (unpaired) electrons. The van der Waals surface area contributed by atoms with Gasteiger partial charge in [-0.15, -0.1) is 10.2 Å². The van der Waals surface area contributed by atoms with Crippen LogP contribution in [0, 0.1) is 6.92 Å². The molecule has 1 aromatic carbocycles. The average molecular weight is 208 g/mol. The van der Waals surface area contributed by atoms with Gasteiger partial charge in [-0.3, -0.25) is 4.57 Å².